The number of aromatic amines is 1. The Morgan fingerprint density at radius 1 is 1.24 bits per heavy atom. The van der Waals surface area contributed by atoms with Crippen LogP contribution < -0.4 is 5.32 Å². The fourth-order valence-corrected chi connectivity index (χ4v) is 1.84. The van der Waals surface area contributed by atoms with E-state index in [1.807, 2.05) is 31.2 Å². The molecule has 1 aromatic carbocycles. The number of rotatable bonds is 5. The maximum Gasteiger partial charge on any atom is 0.306 e. The zero-order valence-corrected chi connectivity index (χ0v) is 12.0. The van der Waals surface area contributed by atoms with Crippen LogP contribution in [-0.4, -0.2) is 29.0 Å². The van der Waals surface area contributed by atoms with E-state index in [0.717, 1.165) is 17.1 Å². The van der Waals surface area contributed by atoms with Gasteiger partial charge in [-0.15, -0.1) is 0 Å². The molecular weight excluding hydrogens is 270 g/mol. The summed E-state index contributed by atoms with van der Waals surface area (Å²) in [5.41, 5.74) is 2.60. The second kappa shape index (κ2) is 6.69. The second-order valence-corrected chi connectivity index (χ2v) is 4.58. The van der Waals surface area contributed by atoms with E-state index in [9.17, 15) is 9.59 Å². The Morgan fingerprint density at radius 3 is 2.52 bits per heavy atom. The third-order valence-corrected chi connectivity index (χ3v) is 2.97. The lowest BCUT2D eigenvalue weighted by Gasteiger charge is -2.05. The number of aryl methyl sites for hydroxylation is 1. The van der Waals surface area contributed by atoms with Crippen LogP contribution in [0.25, 0.3) is 11.3 Å². The number of imidazole rings is 1. The molecule has 1 aromatic heterocycles. The molecule has 0 saturated carbocycles. The van der Waals surface area contributed by atoms with Gasteiger partial charge in [0.05, 0.1) is 25.4 Å². The van der Waals surface area contributed by atoms with Gasteiger partial charge in [0.15, 0.2) is 0 Å². The first-order valence-electron chi connectivity index (χ1n) is 6.57. The van der Waals surface area contributed by atoms with Crippen LogP contribution >= 0.6 is 0 Å². The summed E-state index contributed by atoms with van der Waals surface area (Å²) < 4.78 is 4.49. The number of anilines is 1. The molecule has 0 spiro atoms. The van der Waals surface area contributed by atoms with E-state index in [2.05, 4.69) is 20.0 Å². The Kier molecular flexibility index (Phi) is 4.71. The standard InChI is InChI=1S/C15H17N3O3/c1-10-16-9-13(17-10)11-3-5-12(6-4-11)18-14(19)7-8-15(20)21-2/h3-6,9H,7-8H2,1-2H3,(H,16,17)(H,18,19). The highest BCUT2D eigenvalue weighted by Crippen LogP contribution is 2.19. The van der Waals surface area contributed by atoms with Crippen molar-refractivity contribution in [3.63, 3.8) is 0 Å². The molecule has 21 heavy (non-hydrogen) atoms. The minimum atomic E-state index is -0.393. The zero-order valence-electron chi connectivity index (χ0n) is 12.0. The average molecular weight is 287 g/mol. The Hall–Kier alpha value is -2.63. The fourth-order valence-electron chi connectivity index (χ4n) is 1.84. The molecular formula is C15H17N3O3. The van der Waals surface area contributed by atoms with Crippen LogP contribution in [0.2, 0.25) is 0 Å². The number of H-pyrrole nitrogens is 1. The molecule has 0 aliphatic carbocycles. The molecule has 0 atom stereocenters. The van der Waals surface area contributed by atoms with Crippen molar-refractivity contribution in [2.75, 3.05) is 12.4 Å². The maximum atomic E-state index is 11.7. The highest BCUT2D eigenvalue weighted by atomic mass is 16.5. The number of benzene rings is 1. The third-order valence-electron chi connectivity index (χ3n) is 2.97. The van der Waals surface area contributed by atoms with Crippen LogP contribution in [0.5, 0.6) is 0 Å². The molecule has 0 bridgehead atoms. The number of esters is 1. The predicted molar refractivity (Wildman–Crippen MR) is 78.6 cm³/mol. The summed E-state index contributed by atoms with van der Waals surface area (Å²) in [6.07, 6.45) is 1.95. The molecule has 6 nitrogen and oxygen atoms in total. The van der Waals surface area contributed by atoms with E-state index in [-0.39, 0.29) is 18.7 Å². The molecule has 0 saturated heterocycles. The molecule has 0 unspecified atom stereocenters. The molecule has 110 valence electrons. The lowest BCUT2D eigenvalue weighted by molar-refractivity contribution is -0.141. The zero-order chi connectivity index (χ0) is 15.2. The van der Waals surface area contributed by atoms with Crippen LogP contribution in [-0.2, 0) is 14.3 Å². The van der Waals surface area contributed by atoms with Gasteiger partial charge < -0.3 is 15.0 Å². The Bertz CT molecular complexity index is 632. The molecule has 2 N–H and O–H groups in total. The summed E-state index contributed by atoms with van der Waals surface area (Å²) in [7, 11) is 1.30. The molecule has 2 aromatic rings. The molecule has 6 heteroatoms. The van der Waals surface area contributed by atoms with Crippen molar-refractivity contribution in [3.8, 4) is 11.3 Å². The smallest absolute Gasteiger partial charge is 0.306 e. The number of nitrogens with zero attached hydrogens (tertiary/aromatic N) is 1. The van der Waals surface area contributed by atoms with Crippen molar-refractivity contribution < 1.29 is 14.3 Å². The summed E-state index contributed by atoms with van der Waals surface area (Å²) in [5, 5.41) is 2.73. The van der Waals surface area contributed by atoms with Crippen molar-refractivity contribution in [1.82, 2.24) is 9.97 Å². The third kappa shape index (κ3) is 4.17. The molecule has 0 radical (unpaired) electrons. The van der Waals surface area contributed by atoms with Crippen LogP contribution in [0.15, 0.2) is 30.5 Å². The van der Waals surface area contributed by atoms with E-state index in [1.165, 1.54) is 7.11 Å². The summed E-state index contributed by atoms with van der Waals surface area (Å²) in [4.78, 5) is 29.9. The molecule has 1 amide bonds. The maximum absolute atomic E-state index is 11.7. The first-order chi connectivity index (χ1) is 10.1. The van der Waals surface area contributed by atoms with E-state index in [0.29, 0.717) is 5.69 Å². The largest absolute Gasteiger partial charge is 0.469 e. The van der Waals surface area contributed by atoms with Crippen LogP contribution in [0.3, 0.4) is 0 Å². The van der Waals surface area contributed by atoms with E-state index in [4.69, 9.17) is 0 Å². The Labute approximate surface area is 122 Å². The van der Waals surface area contributed by atoms with Crippen molar-refractivity contribution in [1.29, 1.82) is 0 Å². The number of hydrogen-bond donors (Lipinski definition) is 2. The lowest BCUT2D eigenvalue weighted by Crippen LogP contribution is -2.13. The molecule has 0 aliphatic rings. The number of carbonyl (C=O) groups is 2. The van der Waals surface area contributed by atoms with Crippen molar-refractivity contribution >= 4 is 17.6 Å². The minimum absolute atomic E-state index is 0.0772. The molecule has 0 aliphatic heterocycles. The predicted octanol–water partition coefficient (Wildman–Crippen LogP) is 2.28. The number of amides is 1. The van der Waals surface area contributed by atoms with Gasteiger partial charge in [-0.3, -0.25) is 9.59 Å². The number of hydrogen-bond acceptors (Lipinski definition) is 4. The van der Waals surface area contributed by atoms with Crippen LogP contribution in [0.1, 0.15) is 18.7 Å². The van der Waals surface area contributed by atoms with Crippen molar-refractivity contribution in [3.05, 3.63) is 36.3 Å². The van der Waals surface area contributed by atoms with E-state index >= 15 is 0 Å². The monoisotopic (exact) mass is 287 g/mol. The summed E-state index contributed by atoms with van der Waals surface area (Å²) in [6, 6.07) is 7.40. The minimum Gasteiger partial charge on any atom is -0.469 e. The van der Waals surface area contributed by atoms with Gasteiger partial charge in [-0.1, -0.05) is 12.1 Å². The van der Waals surface area contributed by atoms with Gasteiger partial charge in [0.25, 0.3) is 0 Å². The molecule has 0 fully saturated rings. The Balaban J connectivity index is 1.93. The number of nitrogens with one attached hydrogen (secondary N) is 2. The van der Waals surface area contributed by atoms with Gasteiger partial charge in [0.2, 0.25) is 5.91 Å². The second-order valence-electron chi connectivity index (χ2n) is 4.58. The highest BCUT2D eigenvalue weighted by Gasteiger charge is 2.07. The van der Waals surface area contributed by atoms with Gasteiger partial charge >= 0.3 is 5.97 Å². The van der Waals surface area contributed by atoms with Crippen molar-refractivity contribution in [2.45, 2.75) is 19.8 Å². The van der Waals surface area contributed by atoms with E-state index in [1.54, 1.807) is 6.20 Å². The van der Waals surface area contributed by atoms with Gasteiger partial charge in [0.1, 0.15) is 5.82 Å². The Morgan fingerprint density at radius 2 is 1.95 bits per heavy atom. The summed E-state index contributed by atoms with van der Waals surface area (Å²) in [6.45, 7) is 1.89. The van der Waals surface area contributed by atoms with Gasteiger partial charge in [0, 0.05) is 12.1 Å². The van der Waals surface area contributed by atoms with Crippen LogP contribution in [0.4, 0.5) is 5.69 Å². The topological polar surface area (TPSA) is 84.1 Å². The van der Waals surface area contributed by atoms with Crippen LogP contribution in [0, 0.1) is 6.92 Å². The van der Waals surface area contributed by atoms with Gasteiger partial charge in [-0.2, -0.15) is 0 Å². The SMILES string of the molecule is COC(=O)CCC(=O)Nc1ccc(-c2cnc(C)[nH]2)cc1. The molecule has 1 heterocycles. The number of aromatic nitrogens is 2. The van der Waals surface area contributed by atoms with Gasteiger partial charge in [-0.05, 0) is 24.6 Å². The van der Waals surface area contributed by atoms with Gasteiger partial charge in [-0.25, -0.2) is 4.98 Å². The molecule has 2 rings (SSSR count). The fraction of sp³-hybridized carbons (Fsp3) is 0.267. The quantitative estimate of drug-likeness (QED) is 0.826. The summed E-state index contributed by atoms with van der Waals surface area (Å²) >= 11 is 0. The highest BCUT2D eigenvalue weighted by molar-refractivity contribution is 5.92. The number of carbonyl (C=O) groups excluding carboxylic acids is 2. The first-order valence-corrected chi connectivity index (χ1v) is 6.57. The lowest BCUT2D eigenvalue weighted by atomic mass is 10.1. The average Bonchev–Trinajstić information content (AvgIpc) is 2.92. The normalized spacial score (nSPS) is 10.2. The number of methoxy groups -OCH3 is 1. The van der Waals surface area contributed by atoms with E-state index < -0.39 is 5.97 Å². The first kappa shape index (κ1) is 14.8. The van der Waals surface area contributed by atoms with Crippen molar-refractivity contribution in [2.24, 2.45) is 0 Å². The number of ether oxygens (including phenoxy) is 1. The summed E-state index contributed by atoms with van der Waals surface area (Å²) in [5.74, 6) is 0.242.